The summed E-state index contributed by atoms with van der Waals surface area (Å²) in [6, 6.07) is -0.225. The first-order valence-corrected chi connectivity index (χ1v) is 4.84. The average molecular weight is 212 g/mol. The molecular formula is C11H20N2O2. The quantitative estimate of drug-likeness (QED) is 0.730. The summed E-state index contributed by atoms with van der Waals surface area (Å²) in [5, 5.41) is 7.05. The van der Waals surface area contributed by atoms with E-state index in [1.807, 2.05) is 20.8 Å². The molecule has 0 aromatic carbocycles. The molecule has 0 aliphatic carbocycles. The monoisotopic (exact) mass is 212 g/mol. The number of amides is 1. The Kier molecular flexibility index (Phi) is 4.52. The van der Waals surface area contributed by atoms with Crippen molar-refractivity contribution in [3.63, 3.8) is 0 Å². The van der Waals surface area contributed by atoms with Crippen LogP contribution in [0.1, 0.15) is 27.7 Å². The molecule has 15 heavy (non-hydrogen) atoms. The summed E-state index contributed by atoms with van der Waals surface area (Å²) >= 11 is 0. The van der Waals surface area contributed by atoms with Gasteiger partial charge >= 0.3 is 6.09 Å². The van der Waals surface area contributed by atoms with Gasteiger partial charge in [-0.2, -0.15) is 0 Å². The Morgan fingerprint density at radius 1 is 1.53 bits per heavy atom. The van der Waals surface area contributed by atoms with Crippen LogP contribution in [-0.2, 0) is 4.74 Å². The Bertz CT molecular complexity index is 266. The van der Waals surface area contributed by atoms with Crippen molar-refractivity contribution in [2.45, 2.75) is 39.3 Å². The summed E-state index contributed by atoms with van der Waals surface area (Å²) in [6.45, 7) is 10.9. The summed E-state index contributed by atoms with van der Waals surface area (Å²) in [4.78, 5) is 13.0. The highest BCUT2D eigenvalue weighted by Gasteiger charge is 2.23. The lowest BCUT2D eigenvalue weighted by molar-refractivity contribution is 0.0263. The standard InChI is InChI=1S/C11H20N2O2/c1-8(7-12)9(2)13(6)10(14)15-11(3,4)5/h7,9,12H,1H2,2-6H3/t9-/m1/s1. The Labute approximate surface area is 91.4 Å². The van der Waals surface area contributed by atoms with Crippen LogP contribution in [0, 0.1) is 5.41 Å². The first kappa shape index (κ1) is 13.7. The lowest BCUT2D eigenvalue weighted by Crippen LogP contribution is -2.40. The fourth-order valence-corrected chi connectivity index (χ4v) is 0.861. The zero-order valence-corrected chi connectivity index (χ0v) is 10.1. The van der Waals surface area contributed by atoms with Crippen LogP contribution in [0.25, 0.3) is 0 Å². The van der Waals surface area contributed by atoms with Gasteiger partial charge in [0.05, 0.1) is 6.04 Å². The molecule has 0 saturated heterocycles. The van der Waals surface area contributed by atoms with Crippen LogP contribution in [0.2, 0.25) is 0 Å². The summed E-state index contributed by atoms with van der Waals surface area (Å²) in [6.07, 6.45) is 0.740. The van der Waals surface area contributed by atoms with Crippen molar-refractivity contribution in [2.75, 3.05) is 7.05 Å². The van der Waals surface area contributed by atoms with E-state index in [1.54, 1.807) is 14.0 Å². The van der Waals surface area contributed by atoms with Gasteiger partial charge in [0, 0.05) is 13.3 Å². The third-order valence-electron chi connectivity index (χ3n) is 1.98. The van der Waals surface area contributed by atoms with E-state index in [2.05, 4.69) is 6.58 Å². The van der Waals surface area contributed by atoms with Crippen molar-refractivity contribution in [3.05, 3.63) is 12.2 Å². The van der Waals surface area contributed by atoms with Crippen molar-refractivity contribution in [1.29, 1.82) is 5.41 Å². The van der Waals surface area contributed by atoms with Gasteiger partial charge in [0.1, 0.15) is 5.60 Å². The number of carbonyl (C=O) groups excluding carboxylic acids is 1. The highest BCUT2D eigenvalue weighted by Crippen LogP contribution is 2.12. The van der Waals surface area contributed by atoms with Crippen LogP contribution >= 0.6 is 0 Å². The molecule has 86 valence electrons. The van der Waals surface area contributed by atoms with Crippen LogP contribution in [0.4, 0.5) is 4.79 Å². The number of rotatable bonds is 3. The van der Waals surface area contributed by atoms with Gasteiger partial charge in [0.2, 0.25) is 0 Å². The maximum Gasteiger partial charge on any atom is 0.410 e. The Morgan fingerprint density at radius 2 is 2.00 bits per heavy atom. The molecule has 0 spiro atoms. The first-order chi connectivity index (χ1) is 6.69. The topological polar surface area (TPSA) is 53.4 Å². The van der Waals surface area contributed by atoms with E-state index in [0.717, 1.165) is 6.21 Å². The van der Waals surface area contributed by atoms with E-state index in [9.17, 15) is 4.79 Å². The lowest BCUT2D eigenvalue weighted by atomic mass is 10.1. The third kappa shape index (κ3) is 4.63. The fourth-order valence-electron chi connectivity index (χ4n) is 0.861. The third-order valence-corrected chi connectivity index (χ3v) is 1.98. The molecule has 1 amide bonds. The minimum Gasteiger partial charge on any atom is -0.444 e. The van der Waals surface area contributed by atoms with Crippen molar-refractivity contribution in [2.24, 2.45) is 0 Å². The zero-order valence-electron chi connectivity index (χ0n) is 10.1. The van der Waals surface area contributed by atoms with Crippen molar-refractivity contribution in [1.82, 2.24) is 4.90 Å². The van der Waals surface area contributed by atoms with E-state index < -0.39 is 11.7 Å². The molecule has 0 aromatic rings. The normalized spacial score (nSPS) is 12.9. The number of nitrogens with zero attached hydrogens (tertiary/aromatic N) is 1. The van der Waals surface area contributed by atoms with Gasteiger partial charge in [-0.05, 0) is 33.3 Å². The predicted molar refractivity (Wildman–Crippen MR) is 61.4 cm³/mol. The molecule has 0 aliphatic rings. The molecule has 0 fully saturated rings. The van der Waals surface area contributed by atoms with E-state index in [0.29, 0.717) is 5.57 Å². The molecule has 0 bridgehead atoms. The fraction of sp³-hybridized carbons (Fsp3) is 0.636. The summed E-state index contributed by atoms with van der Waals surface area (Å²) < 4.78 is 5.19. The van der Waals surface area contributed by atoms with E-state index in [-0.39, 0.29) is 6.04 Å². The largest absolute Gasteiger partial charge is 0.444 e. The summed E-state index contributed by atoms with van der Waals surface area (Å²) in [5.74, 6) is 0. The van der Waals surface area contributed by atoms with Gasteiger partial charge in [0.15, 0.2) is 0 Å². The maximum atomic E-state index is 11.6. The van der Waals surface area contributed by atoms with Crippen molar-refractivity contribution < 1.29 is 9.53 Å². The van der Waals surface area contributed by atoms with Crippen LogP contribution < -0.4 is 0 Å². The van der Waals surface area contributed by atoms with Gasteiger partial charge in [-0.1, -0.05) is 6.58 Å². The Balaban J connectivity index is 4.45. The highest BCUT2D eigenvalue weighted by molar-refractivity contribution is 5.78. The number of nitrogens with one attached hydrogen (secondary N) is 1. The smallest absolute Gasteiger partial charge is 0.410 e. The minimum absolute atomic E-state index is 0.225. The average Bonchev–Trinajstić information content (AvgIpc) is 2.11. The molecule has 0 heterocycles. The molecule has 1 N–H and O–H groups in total. The Hall–Kier alpha value is -1.32. The summed E-state index contributed by atoms with van der Waals surface area (Å²) in [7, 11) is 1.63. The number of ether oxygens (including phenoxy) is 1. The van der Waals surface area contributed by atoms with Crippen LogP contribution in [-0.4, -0.2) is 35.9 Å². The minimum atomic E-state index is -0.503. The van der Waals surface area contributed by atoms with Crippen LogP contribution in [0.15, 0.2) is 12.2 Å². The SMILES string of the molecule is C=C(C=N)[C@@H](C)N(C)C(=O)OC(C)(C)C. The zero-order chi connectivity index (χ0) is 12.2. The van der Waals surface area contributed by atoms with Gasteiger partial charge < -0.3 is 15.0 Å². The first-order valence-electron chi connectivity index (χ1n) is 4.84. The van der Waals surface area contributed by atoms with Gasteiger partial charge in [0.25, 0.3) is 0 Å². The van der Waals surface area contributed by atoms with E-state index in [1.165, 1.54) is 4.90 Å². The second-order valence-electron chi connectivity index (χ2n) is 4.49. The lowest BCUT2D eigenvalue weighted by Gasteiger charge is -2.28. The predicted octanol–water partition coefficient (Wildman–Crippen LogP) is 2.45. The number of carbonyl (C=O) groups is 1. The molecule has 0 unspecified atom stereocenters. The molecule has 0 aromatic heterocycles. The van der Waals surface area contributed by atoms with Crippen LogP contribution in [0.3, 0.4) is 0 Å². The highest BCUT2D eigenvalue weighted by atomic mass is 16.6. The molecule has 4 heteroatoms. The number of likely N-dealkylation sites (N-methyl/N-ethyl adjacent to an activating group) is 1. The van der Waals surface area contributed by atoms with Gasteiger partial charge in [-0.25, -0.2) is 4.79 Å². The molecular weight excluding hydrogens is 192 g/mol. The van der Waals surface area contributed by atoms with E-state index >= 15 is 0 Å². The van der Waals surface area contributed by atoms with Crippen molar-refractivity contribution in [3.8, 4) is 0 Å². The summed E-state index contributed by atoms with van der Waals surface area (Å²) in [5.41, 5.74) is 0.0697. The second-order valence-corrected chi connectivity index (χ2v) is 4.49. The van der Waals surface area contributed by atoms with Crippen LogP contribution in [0.5, 0.6) is 0 Å². The molecule has 0 rings (SSSR count). The molecule has 1 atom stereocenters. The molecule has 4 nitrogen and oxygen atoms in total. The molecule has 0 saturated carbocycles. The number of hydrogen-bond acceptors (Lipinski definition) is 3. The second kappa shape index (κ2) is 4.96. The Morgan fingerprint density at radius 3 is 2.33 bits per heavy atom. The van der Waals surface area contributed by atoms with Gasteiger partial charge in [-0.15, -0.1) is 0 Å². The molecule has 0 aliphatic heterocycles. The maximum absolute atomic E-state index is 11.6. The van der Waals surface area contributed by atoms with Crippen molar-refractivity contribution >= 4 is 12.3 Å². The van der Waals surface area contributed by atoms with E-state index in [4.69, 9.17) is 10.1 Å². The molecule has 0 radical (unpaired) electrons. The number of hydrogen-bond donors (Lipinski definition) is 1. The van der Waals surface area contributed by atoms with Gasteiger partial charge in [-0.3, -0.25) is 0 Å².